The summed E-state index contributed by atoms with van der Waals surface area (Å²) >= 11 is 0. The van der Waals surface area contributed by atoms with Gasteiger partial charge in [0.25, 0.3) is 0 Å². The molecular weight excluding hydrogens is 278 g/mol. The van der Waals surface area contributed by atoms with Gasteiger partial charge in [0.05, 0.1) is 6.61 Å². The van der Waals surface area contributed by atoms with Crippen LogP contribution >= 0.6 is 0 Å². The molecule has 0 aliphatic carbocycles. The Bertz CT molecular complexity index is 532. The van der Waals surface area contributed by atoms with Crippen LogP contribution in [0, 0.1) is 0 Å². The highest BCUT2D eigenvalue weighted by atomic mass is 16.6. The SMILES string of the molecule is CC1=C(C)C2=CN(C3OC(CO)C(O)C3O)C(=O)NC2N1. The summed E-state index contributed by atoms with van der Waals surface area (Å²) in [6, 6.07) is -0.436. The summed E-state index contributed by atoms with van der Waals surface area (Å²) in [7, 11) is 0. The first-order chi connectivity index (χ1) is 9.93. The molecule has 0 spiro atoms. The second-order valence-electron chi connectivity index (χ2n) is 5.50. The van der Waals surface area contributed by atoms with E-state index < -0.39 is 37.2 Å². The number of rotatable bonds is 2. The largest absolute Gasteiger partial charge is 0.394 e. The van der Waals surface area contributed by atoms with Crippen molar-refractivity contribution < 1.29 is 24.9 Å². The van der Waals surface area contributed by atoms with Crippen molar-refractivity contribution >= 4 is 6.03 Å². The Kier molecular flexibility index (Phi) is 3.40. The first-order valence-corrected chi connectivity index (χ1v) is 6.81. The highest BCUT2D eigenvalue weighted by Crippen LogP contribution is 2.31. The Balaban J connectivity index is 1.89. The zero-order chi connectivity index (χ0) is 15.3. The summed E-state index contributed by atoms with van der Waals surface area (Å²) in [6.07, 6.45) is -3.12. The van der Waals surface area contributed by atoms with Crippen LogP contribution in [0.2, 0.25) is 0 Å². The van der Waals surface area contributed by atoms with Gasteiger partial charge in [0, 0.05) is 17.5 Å². The number of urea groups is 1. The van der Waals surface area contributed by atoms with Crippen LogP contribution in [0.15, 0.2) is 23.0 Å². The van der Waals surface area contributed by atoms with E-state index in [9.17, 15) is 15.0 Å². The van der Waals surface area contributed by atoms with Gasteiger partial charge in [-0.05, 0) is 19.4 Å². The molecule has 8 nitrogen and oxygen atoms in total. The molecule has 1 saturated heterocycles. The molecule has 0 radical (unpaired) electrons. The van der Waals surface area contributed by atoms with Gasteiger partial charge in [-0.25, -0.2) is 4.79 Å². The molecule has 5 N–H and O–H groups in total. The van der Waals surface area contributed by atoms with Crippen LogP contribution in [-0.2, 0) is 4.74 Å². The first kappa shape index (κ1) is 14.3. The van der Waals surface area contributed by atoms with Crippen molar-refractivity contribution in [2.24, 2.45) is 0 Å². The molecular formula is C13H19N3O5. The number of allylic oxidation sites excluding steroid dienone is 1. The maximum atomic E-state index is 12.2. The van der Waals surface area contributed by atoms with E-state index in [1.165, 1.54) is 4.90 Å². The third kappa shape index (κ3) is 2.11. The lowest BCUT2D eigenvalue weighted by atomic mass is 10.1. The molecule has 8 heteroatoms. The Hall–Kier alpha value is -1.61. The Morgan fingerprint density at radius 3 is 2.62 bits per heavy atom. The molecule has 0 bridgehead atoms. The smallest absolute Gasteiger partial charge is 0.325 e. The molecule has 5 unspecified atom stereocenters. The summed E-state index contributed by atoms with van der Waals surface area (Å²) < 4.78 is 5.39. The van der Waals surface area contributed by atoms with Crippen molar-refractivity contribution in [1.29, 1.82) is 0 Å². The fourth-order valence-corrected chi connectivity index (χ4v) is 2.83. The number of amides is 2. The minimum absolute atomic E-state index is 0.286. The van der Waals surface area contributed by atoms with Crippen molar-refractivity contribution in [2.45, 2.75) is 44.6 Å². The maximum Gasteiger partial charge on any atom is 0.325 e. The van der Waals surface area contributed by atoms with Gasteiger partial charge in [-0.2, -0.15) is 0 Å². The number of aliphatic hydroxyl groups excluding tert-OH is 3. The highest BCUT2D eigenvalue weighted by Gasteiger charge is 2.48. The van der Waals surface area contributed by atoms with Crippen molar-refractivity contribution in [3.05, 3.63) is 23.0 Å². The van der Waals surface area contributed by atoms with E-state index in [2.05, 4.69) is 10.6 Å². The summed E-state index contributed by atoms with van der Waals surface area (Å²) in [6.45, 7) is 3.42. The predicted octanol–water partition coefficient (Wildman–Crippen LogP) is -1.44. The highest BCUT2D eigenvalue weighted by molar-refractivity contribution is 5.79. The van der Waals surface area contributed by atoms with Gasteiger partial charge in [0.15, 0.2) is 6.23 Å². The first-order valence-electron chi connectivity index (χ1n) is 6.81. The summed E-state index contributed by atoms with van der Waals surface area (Å²) in [5.41, 5.74) is 2.86. The standard InChI is InChI=1S/C13H19N3O5/c1-5-6(2)14-11-7(5)3-16(13(20)15-11)12-10(19)9(18)8(4-17)21-12/h3,8-12,14,17-19H,4H2,1-2H3,(H,15,20). The van der Waals surface area contributed by atoms with Crippen LogP contribution in [0.5, 0.6) is 0 Å². The summed E-state index contributed by atoms with van der Waals surface area (Å²) in [4.78, 5) is 13.4. The molecule has 2 amide bonds. The molecule has 0 aromatic rings. The molecule has 1 fully saturated rings. The van der Waals surface area contributed by atoms with E-state index in [-0.39, 0.29) is 6.17 Å². The van der Waals surface area contributed by atoms with Crippen molar-refractivity contribution in [2.75, 3.05) is 6.61 Å². The van der Waals surface area contributed by atoms with E-state index in [0.717, 1.165) is 16.8 Å². The molecule has 0 aromatic heterocycles. The Morgan fingerprint density at radius 1 is 1.29 bits per heavy atom. The molecule has 3 aliphatic heterocycles. The zero-order valence-corrected chi connectivity index (χ0v) is 11.8. The summed E-state index contributed by atoms with van der Waals surface area (Å²) in [5.74, 6) is 0. The second-order valence-corrected chi connectivity index (χ2v) is 5.50. The molecule has 5 atom stereocenters. The van der Waals surface area contributed by atoms with Crippen LogP contribution in [0.3, 0.4) is 0 Å². The van der Waals surface area contributed by atoms with Gasteiger partial charge >= 0.3 is 6.03 Å². The van der Waals surface area contributed by atoms with Gasteiger partial charge < -0.3 is 30.7 Å². The maximum absolute atomic E-state index is 12.2. The van der Waals surface area contributed by atoms with Crippen molar-refractivity contribution in [3.63, 3.8) is 0 Å². The topological polar surface area (TPSA) is 114 Å². The van der Waals surface area contributed by atoms with E-state index in [0.29, 0.717) is 0 Å². The van der Waals surface area contributed by atoms with Gasteiger partial charge in [-0.3, -0.25) is 4.90 Å². The molecule has 3 heterocycles. The minimum atomic E-state index is -1.28. The van der Waals surface area contributed by atoms with E-state index in [4.69, 9.17) is 9.84 Å². The third-order valence-electron chi connectivity index (χ3n) is 4.24. The molecule has 0 aromatic carbocycles. The fourth-order valence-electron chi connectivity index (χ4n) is 2.83. The van der Waals surface area contributed by atoms with Crippen LogP contribution in [0.25, 0.3) is 0 Å². The van der Waals surface area contributed by atoms with Crippen LogP contribution in [0.4, 0.5) is 4.79 Å². The second kappa shape index (κ2) is 4.99. The predicted molar refractivity (Wildman–Crippen MR) is 71.5 cm³/mol. The average Bonchev–Trinajstić information content (AvgIpc) is 2.88. The van der Waals surface area contributed by atoms with Crippen molar-refractivity contribution in [3.8, 4) is 0 Å². The van der Waals surface area contributed by atoms with Gasteiger partial charge in [-0.1, -0.05) is 0 Å². The molecule has 21 heavy (non-hydrogen) atoms. The van der Waals surface area contributed by atoms with E-state index in [1.807, 2.05) is 13.8 Å². The number of carbonyl (C=O) groups is 1. The lowest BCUT2D eigenvalue weighted by Crippen LogP contribution is -2.56. The van der Waals surface area contributed by atoms with Crippen molar-refractivity contribution in [1.82, 2.24) is 15.5 Å². The average molecular weight is 297 g/mol. The number of hydrogen-bond acceptors (Lipinski definition) is 6. The minimum Gasteiger partial charge on any atom is -0.394 e. The number of ether oxygens (including phenoxy) is 1. The molecule has 0 saturated carbocycles. The monoisotopic (exact) mass is 297 g/mol. The summed E-state index contributed by atoms with van der Waals surface area (Å²) in [5, 5.41) is 34.8. The van der Waals surface area contributed by atoms with Gasteiger partial charge in [0.1, 0.15) is 24.5 Å². The van der Waals surface area contributed by atoms with Gasteiger partial charge in [0.2, 0.25) is 0 Å². The lowest BCUT2D eigenvalue weighted by molar-refractivity contribution is -0.0664. The van der Waals surface area contributed by atoms with E-state index in [1.54, 1.807) is 6.20 Å². The van der Waals surface area contributed by atoms with E-state index >= 15 is 0 Å². The number of fused-ring (bicyclic) bond motifs is 1. The number of carbonyl (C=O) groups excluding carboxylic acids is 1. The van der Waals surface area contributed by atoms with Crippen LogP contribution < -0.4 is 10.6 Å². The number of nitrogens with zero attached hydrogens (tertiary/aromatic N) is 1. The molecule has 116 valence electrons. The van der Waals surface area contributed by atoms with Crippen LogP contribution in [-0.4, -0.2) is 63.6 Å². The Labute approximate surface area is 121 Å². The van der Waals surface area contributed by atoms with Gasteiger partial charge in [-0.15, -0.1) is 0 Å². The molecule has 3 rings (SSSR count). The Morgan fingerprint density at radius 2 is 2.00 bits per heavy atom. The normalized spacial score (nSPS) is 39.1. The fraction of sp³-hybridized carbons (Fsp3) is 0.615. The molecule has 3 aliphatic rings. The lowest BCUT2D eigenvalue weighted by Gasteiger charge is -2.34. The van der Waals surface area contributed by atoms with Crippen LogP contribution in [0.1, 0.15) is 13.8 Å². The number of nitrogens with one attached hydrogen (secondary N) is 2. The third-order valence-corrected chi connectivity index (χ3v) is 4.24. The number of aliphatic hydroxyl groups is 3. The quantitative estimate of drug-likeness (QED) is 0.426. The number of hydrogen-bond donors (Lipinski definition) is 5. The zero-order valence-electron chi connectivity index (χ0n) is 11.8.